The Morgan fingerprint density at radius 1 is 1.29 bits per heavy atom. The Labute approximate surface area is 128 Å². The number of carbonyl (C=O) groups excluding carboxylic acids is 1. The van der Waals surface area contributed by atoms with Gasteiger partial charge in [0.15, 0.2) is 0 Å². The quantitative estimate of drug-likeness (QED) is 0.845. The van der Waals surface area contributed by atoms with Crippen LogP contribution in [-0.2, 0) is 11.2 Å². The van der Waals surface area contributed by atoms with Crippen LogP contribution in [0, 0.1) is 12.3 Å². The lowest BCUT2D eigenvalue weighted by molar-refractivity contribution is -0.121. The first-order valence-electron chi connectivity index (χ1n) is 8.16. The van der Waals surface area contributed by atoms with Crippen LogP contribution in [-0.4, -0.2) is 19.0 Å². The van der Waals surface area contributed by atoms with Crippen LogP contribution in [0.3, 0.4) is 0 Å². The molecule has 1 saturated carbocycles. The van der Waals surface area contributed by atoms with Crippen molar-refractivity contribution in [2.45, 2.75) is 51.9 Å². The first-order valence-corrected chi connectivity index (χ1v) is 8.16. The van der Waals surface area contributed by atoms with Gasteiger partial charge >= 0.3 is 0 Å². The van der Waals surface area contributed by atoms with Crippen LogP contribution in [0.5, 0.6) is 0 Å². The van der Waals surface area contributed by atoms with Gasteiger partial charge < -0.3 is 11.1 Å². The van der Waals surface area contributed by atoms with E-state index in [2.05, 4.69) is 30.4 Å². The summed E-state index contributed by atoms with van der Waals surface area (Å²) in [5.74, 6) is 0.148. The Morgan fingerprint density at radius 3 is 2.71 bits per heavy atom. The molecule has 2 rings (SSSR count). The second-order valence-electron chi connectivity index (χ2n) is 6.53. The van der Waals surface area contributed by atoms with Gasteiger partial charge in [0.2, 0.25) is 5.91 Å². The van der Waals surface area contributed by atoms with Gasteiger partial charge in [0.1, 0.15) is 0 Å². The van der Waals surface area contributed by atoms with E-state index in [0.29, 0.717) is 13.0 Å². The van der Waals surface area contributed by atoms with Gasteiger partial charge in [0, 0.05) is 13.0 Å². The van der Waals surface area contributed by atoms with Crippen LogP contribution in [0.2, 0.25) is 0 Å². The number of hydrogen-bond acceptors (Lipinski definition) is 2. The van der Waals surface area contributed by atoms with E-state index < -0.39 is 0 Å². The molecule has 1 aliphatic carbocycles. The summed E-state index contributed by atoms with van der Waals surface area (Å²) in [6.07, 6.45) is 7.48. The van der Waals surface area contributed by atoms with Crippen molar-refractivity contribution in [2.75, 3.05) is 13.1 Å². The van der Waals surface area contributed by atoms with Gasteiger partial charge in [0.05, 0.1) is 0 Å². The number of benzene rings is 1. The highest BCUT2D eigenvalue weighted by Crippen LogP contribution is 2.34. The second-order valence-corrected chi connectivity index (χ2v) is 6.53. The number of nitrogens with two attached hydrogens (primary N) is 1. The van der Waals surface area contributed by atoms with E-state index in [1.165, 1.54) is 30.4 Å². The molecular formula is C18H28N2O. The van der Waals surface area contributed by atoms with Gasteiger partial charge in [-0.15, -0.1) is 0 Å². The van der Waals surface area contributed by atoms with Crippen molar-refractivity contribution < 1.29 is 4.79 Å². The van der Waals surface area contributed by atoms with E-state index in [4.69, 9.17) is 5.73 Å². The zero-order valence-electron chi connectivity index (χ0n) is 13.2. The maximum atomic E-state index is 12.1. The summed E-state index contributed by atoms with van der Waals surface area (Å²) in [6, 6.07) is 8.37. The normalized spacial score (nSPS) is 17.4. The fourth-order valence-electron chi connectivity index (χ4n) is 3.25. The van der Waals surface area contributed by atoms with E-state index in [1.54, 1.807) is 0 Å². The molecule has 0 aromatic heterocycles. The Kier molecular flexibility index (Phi) is 5.80. The predicted octanol–water partition coefficient (Wildman–Crippen LogP) is 2.95. The van der Waals surface area contributed by atoms with Gasteiger partial charge in [0.25, 0.3) is 0 Å². The van der Waals surface area contributed by atoms with E-state index in [1.807, 2.05) is 6.07 Å². The molecule has 0 atom stereocenters. The highest BCUT2D eigenvalue weighted by Gasteiger charge is 2.30. The summed E-state index contributed by atoms with van der Waals surface area (Å²) >= 11 is 0. The number of amides is 1. The topological polar surface area (TPSA) is 55.1 Å². The molecule has 116 valence electrons. The molecule has 1 aromatic rings. The third kappa shape index (κ3) is 4.85. The highest BCUT2D eigenvalue weighted by molar-refractivity contribution is 5.76. The van der Waals surface area contributed by atoms with Crippen molar-refractivity contribution >= 4 is 5.91 Å². The molecule has 3 heteroatoms. The minimum Gasteiger partial charge on any atom is -0.355 e. The minimum atomic E-state index is 0.148. The molecule has 0 heterocycles. The number of rotatable bonds is 6. The molecule has 3 nitrogen and oxygen atoms in total. The Balaban J connectivity index is 1.76. The Morgan fingerprint density at radius 2 is 2.05 bits per heavy atom. The molecule has 1 aliphatic rings. The smallest absolute Gasteiger partial charge is 0.220 e. The van der Waals surface area contributed by atoms with Crippen molar-refractivity contribution in [2.24, 2.45) is 11.1 Å². The van der Waals surface area contributed by atoms with Crippen molar-refractivity contribution in [3.63, 3.8) is 0 Å². The Bertz CT molecular complexity index is 464. The first-order chi connectivity index (χ1) is 10.1. The lowest BCUT2D eigenvalue weighted by Crippen LogP contribution is -2.43. The van der Waals surface area contributed by atoms with E-state index in [-0.39, 0.29) is 11.3 Å². The van der Waals surface area contributed by atoms with Crippen LogP contribution in [0.4, 0.5) is 0 Å². The SMILES string of the molecule is Cc1cccc(CCC(=O)NCC2(CN)CCCCC2)c1. The molecule has 0 saturated heterocycles. The first kappa shape index (κ1) is 16.0. The standard InChI is InChI=1S/C18H28N2O/c1-15-6-5-7-16(12-15)8-9-17(21)20-14-18(13-19)10-3-2-4-11-18/h5-7,12H,2-4,8-11,13-14,19H2,1H3,(H,20,21). The van der Waals surface area contributed by atoms with Crippen LogP contribution in [0.1, 0.15) is 49.7 Å². The maximum absolute atomic E-state index is 12.1. The van der Waals surface area contributed by atoms with E-state index in [9.17, 15) is 4.79 Å². The summed E-state index contributed by atoms with van der Waals surface area (Å²) in [6.45, 7) is 3.51. The van der Waals surface area contributed by atoms with Crippen LogP contribution in [0.15, 0.2) is 24.3 Å². The molecule has 0 radical (unpaired) electrons. The lowest BCUT2D eigenvalue weighted by atomic mass is 9.74. The molecule has 1 amide bonds. The van der Waals surface area contributed by atoms with Gasteiger partial charge in [-0.05, 0) is 43.7 Å². The molecule has 3 N–H and O–H groups in total. The number of carbonyl (C=O) groups is 1. The maximum Gasteiger partial charge on any atom is 0.220 e. The average molecular weight is 288 g/mol. The van der Waals surface area contributed by atoms with Gasteiger partial charge in [-0.2, -0.15) is 0 Å². The number of aryl methyl sites for hydroxylation is 2. The van der Waals surface area contributed by atoms with Gasteiger partial charge in [-0.25, -0.2) is 0 Å². The summed E-state index contributed by atoms with van der Waals surface area (Å²) in [4.78, 5) is 12.1. The third-order valence-electron chi connectivity index (χ3n) is 4.73. The summed E-state index contributed by atoms with van der Waals surface area (Å²) in [5, 5.41) is 3.11. The number of nitrogens with one attached hydrogen (secondary N) is 1. The highest BCUT2D eigenvalue weighted by atomic mass is 16.1. The molecular weight excluding hydrogens is 260 g/mol. The molecule has 1 aromatic carbocycles. The molecule has 0 bridgehead atoms. The lowest BCUT2D eigenvalue weighted by Gasteiger charge is -2.36. The van der Waals surface area contributed by atoms with E-state index >= 15 is 0 Å². The van der Waals surface area contributed by atoms with Crippen LogP contribution < -0.4 is 11.1 Å². The molecule has 21 heavy (non-hydrogen) atoms. The zero-order valence-corrected chi connectivity index (χ0v) is 13.2. The van der Waals surface area contributed by atoms with Gasteiger partial charge in [-0.1, -0.05) is 49.1 Å². The Hall–Kier alpha value is -1.35. The molecule has 1 fully saturated rings. The summed E-state index contributed by atoms with van der Waals surface area (Å²) in [5.41, 5.74) is 8.59. The molecule has 0 spiro atoms. The van der Waals surface area contributed by atoms with Crippen molar-refractivity contribution in [1.29, 1.82) is 0 Å². The predicted molar refractivity (Wildman–Crippen MR) is 87.1 cm³/mol. The van der Waals surface area contributed by atoms with Gasteiger partial charge in [-0.3, -0.25) is 4.79 Å². The molecule has 0 unspecified atom stereocenters. The van der Waals surface area contributed by atoms with E-state index in [0.717, 1.165) is 25.8 Å². The third-order valence-corrected chi connectivity index (χ3v) is 4.73. The summed E-state index contributed by atoms with van der Waals surface area (Å²) < 4.78 is 0. The van der Waals surface area contributed by atoms with Crippen LogP contribution in [0.25, 0.3) is 0 Å². The molecule has 0 aliphatic heterocycles. The second kappa shape index (κ2) is 7.60. The summed E-state index contributed by atoms with van der Waals surface area (Å²) in [7, 11) is 0. The van der Waals surface area contributed by atoms with Crippen molar-refractivity contribution in [3.05, 3.63) is 35.4 Å². The van der Waals surface area contributed by atoms with Crippen LogP contribution >= 0.6 is 0 Å². The minimum absolute atomic E-state index is 0.148. The average Bonchev–Trinajstić information content (AvgIpc) is 2.52. The largest absolute Gasteiger partial charge is 0.355 e. The van der Waals surface area contributed by atoms with Crippen molar-refractivity contribution in [1.82, 2.24) is 5.32 Å². The fourth-order valence-corrected chi connectivity index (χ4v) is 3.25. The van der Waals surface area contributed by atoms with Crippen molar-refractivity contribution in [3.8, 4) is 0 Å². The monoisotopic (exact) mass is 288 g/mol. The number of hydrogen-bond donors (Lipinski definition) is 2. The zero-order chi connectivity index (χ0) is 15.1. The fraction of sp³-hybridized carbons (Fsp3) is 0.611.